The Morgan fingerprint density at radius 3 is 2.07 bits per heavy atom. The van der Waals surface area contributed by atoms with Crippen LogP contribution in [-0.2, 0) is 46.1 Å². The summed E-state index contributed by atoms with van der Waals surface area (Å²) in [5.74, 6) is -0.777. The van der Waals surface area contributed by atoms with E-state index in [4.69, 9.17) is 23.5 Å². The summed E-state index contributed by atoms with van der Waals surface area (Å²) >= 11 is 0. The number of rotatable bonds is 7. The Morgan fingerprint density at radius 1 is 0.967 bits per heavy atom. The number of esters is 2. The molecule has 1 aliphatic rings. The molecular weight excluding hydrogens is 387 g/mol. The van der Waals surface area contributed by atoms with Crippen LogP contribution in [0.2, 0.25) is 0 Å². The van der Waals surface area contributed by atoms with Crippen molar-refractivity contribution in [1.29, 1.82) is 0 Å². The summed E-state index contributed by atoms with van der Waals surface area (Å²) in [5.41, 5.74) is 0.804. The van der Waals surface area contributed by atoms with Crippen LogP contribution in [0.25, 0.3) is 0 Å². The maximum Gasteiger partial charge on any atom is 0.494 e. The molecule has 7 nitrogen and oxygen atoms in total. The molecular formula is C22H33BO7. The van der Waals surface area contributed by atoms with Gasteiger partial charge < -0.3 is 23.5 Å². The van der Waals surface area contributed by atoms with Gasteiger partial charge in [0, 0.05) is 0 Å². The largest absolute Gasteiger partial charge is 0.494 e. The lowest BCUT2D eigenvalue weighted by atomic mass is 9.77. The van der Waals surface area contributed by atoms with Crippen LogP contribution in [0.3, 0.4) is 0 Å². The summed E-state index contributed by atoms with van der Waals surface area (Å²) in [5, 5.41) is 0. The van der Waals surface area contributed by atoms with E-state index < -0.39 is 29.9 Å². The van der Waals surface area contributed by atoms with E-state index in [1.807, 2.05) is 45.9 Å². The third-order valence-corrected chi connectivity index (χ3v) is 5.09. The molecule has 0 N–H and O–H groups in total. The third-order valence-electron chi connectivity index (χ3n) is 5.09. The van der Waals surface area contributed by atoms with Crippen molar-refractivity contribution in [2.75, 3.05) is 13.7 Å². The summed E-state index contributed by atoms with van der Waals surface area (Å²) in [6.45, 7) is 13.4. The first kappa shape index (κ1) is 24.4. The molecule has 8 heteroatoms. The summed E-state index contributed by atoms with van der Waals surface area (Å²) in [7, 11) is 0.780. The molecule has 0 atom stereocenters. The van der Waals surface area contributed by atoms with E-state index in [0.717, 1.165) is 16.6 Å². The Hall–Kier alpha value is -1.90. The fourth-order valence-corrected chi connectivity index (χ4v) is 2.95. The topological polar surface area (TPSA) is 80.3 Å². The minimum absolute atomic E-state index is 0.114. The number of hydrogen-bond donors (Lipinski definition) is 0. The van der Waals surface area contributed by atoms with Gasteiger partial charge in [0.15, 0.2) is 0 Å². The molecule has 1 heterocycles. The van der Waals surface area contributed by atoms with Crippen LogP contribution in [0.1, 0.15) is 59.6 Å². The Kier molecular flexibility index (Phi) is 7.38. The molecule has 0 amide bonds. The zero-order valence-corrected chi connectivity index (χ0v) is 19.3. The van der Waals surface area contributed by atoms with Crippen molar-refractivity contribution in [2.24, 2.45) is 0 Å². The summed E-state index contributed by atoms with van der Waals surface area (Å²) in [6, 6.07) is 5.62. The monoisotopic (exact) mass is 420 g/mol. The minimum atomic E-state index is -0.572. The van der Waals surface area contributed by atoms with E-state index >= 15 is 0 Å². The lowest BCUT2D eigenvalue weighted by Crippen LogP contribution is -2.41. The van der Waals surface area contributed by atoms with E-state index in [1.54, 1.807) is 20.8 Å². The van der Waals surface area contributed by atoms with Gasteiger partial charge in [-0.25, -0.2) is 4.79 Å². The van der Waals surface area contributed by atoms with Crippen molar-refractivity contribution in [2.45, 2.75) is 78.3 Å². The molecule has 0 unspecified atom stereocenters. The predicted octanol–water partition coefficient (Wildman–Crippen LogP) is 2.56. The molecule has 0 aliphatic carbocycles. The first-order valence-electron chi connectivity index (χ1n) is 10.1. The Morgan fingerprint density at radius 2 is 1.53 bits per heavy atom. The molecule has 2 rings (SSSR count). The molecule has 166 valence electrons. The van der Waals surface area contributed by atoms with E-state index in [0.29, 0.717) is 0 Å². The molecule has 0 bridgehead atoms. The molecule has 1 aromatic rings. The standard InChI is InChI=1S/C22H33BO7/c1-20(2,3)28-19(25)14-27-13-16-9-15(12-18(24)26-8)10-17(11-16)23-29-21(4,5)22(6,7)30-23/h9-11H,12-14H2,1-8H3. The first-order valence-corrected chi connectivity index (χ1v) is 10.1. The van der Waals surface area contributed by atoms with Crippen molar-refractivity contribution >= 4 is 24.5 Å². The van der Waals surface area contributed by atoms with Crippen LogP contribution in [0.15, 0.2) is 18.2 Å². The zero-order valence-electron chi connectivity index (χ0n) is 19.3. The second-order valence-electron chi connectivity index (χ2n) is 9.50. The van der Waals surface area contributed by atoms with E-state index in [2.05, 4.69) is 0 Å². The molecule has 1 aromatic carbocycles. The van der Waals surface area contributed by atoms with Crippen LogP contribution < -0.4 is 5.46 Å². The number of carbonyl (C=O) groups is 2. The Labute approximate surface area is 179 Å². The van der Waals surface area contributed by atoms with Gasteiger partial charge >= 0.3 is 19.1 Å². The van der Waals surface area contributed by atoms with Gasteiger partial charge in [0.1, 0.15) is 12.2 Å². The average Bonchev–Trinajstić information content (AvgIpc) is 2.80. The van der Waals surface area contributed by atoms with Crippen LogP contribution in [0.4, 0.5) is 0 Å². The van der Waals surface area contributed by atoms with Gasteiger partial charge in [0.05, 0.1) is 31.3 Å². The van der Waals surface area contributed by atoms with Gasteiger partial charge in [-0.05, 0) is 65.1 Å². The van der Waals surface area contributed by atoms with Gasteiger partial charge in [-0.3, -0.25) is 4.79 Å². The highest BCUT2D eigenvalue weighted by atomic mass is 16.7. The number of carbonyl (C=O) groups excluding carboxylic acids is 2. The normalized spacial score (nSPS) is 17.7. The average molecular weight is 420 g/mol. The van der Waals surface area contributed by atoms with Gasteiger partial charge in [0.25, 0.3) is 0 Å². The van der Waals surface area contributed by atoms with E-state index in [9.17, 15) is 9.59 Å². The summed E-state index contributed by atoms with van der Waals surface area (Å²) < 4.78 is 27.9. The predicted molar refractivity (Wildman–Crippen MR) is 113 cm³/mol. The second-order valence-corrected chi connectivity index (χ2v) is 9.50. The highest BCUT2D eigenvalue weighted by Crippen LogP contribution is 2.36. The molecule has 0 saturated carbocycles. The van der Waals surface area contributed by atoms with Crippen LogP contribution >= 0.6 is 0 Å². The molecule has 1 saturated heterocycles. The lowest BCUT2D eigenvalue weighted by molar-refractivity contribution is -0.160. The number of benzene rings is 1. The van der Waals surface area contributed by atoms with Gasteiger partial charge in [-0.2, -0.15) is 0 Å². The van der Waals surface area contributed by atoms with Crippen LogP contribution in [0, 0.1) is 0 Å². The summed E-state index contributed by atoms with van der Waals surface area (Å²) in [6.07, 6.45) is 0.114. The SMILES string of the molecule is COC(=O)Cc1cc(COCC(=O)OC(C)(C)C)cc(B2OC(C)(C)C(C)(C)O2)c1. The summed E-state index contributed by atoms with van der Waals surface area (Å²) in [4.78, 5) is 23.7. The Balaban J connectivity index is 2.17. The second kappa shape index (κ2) is 9.08. The lowest BCUT2D eigenvalue weighted by Gasteiger charge is -2.32. The molecule has 0 aromatic heterocycles. The highest BCUT2D eigenvalue weighted by molar-refractivity contribution is 6.62. The highest BCUT2D eigenvalue weighted by Gasteiger charge is 2.51. The van der Waals surface area contributed by atoms with E-state index in [-0.39, 0.29) is 25.6 Å². The van der Waals surface area contributed by atoms with Gasteiger partial charge in [-0.1, -0.05) is 18.2 Å². The first-order chi connectivity index (χ1) is 13.7. The van der Waals surface area contributed by atoms with E-state index in [1.165, 1.54) is 7.11 Å². The molecule has 0 spiro atoms. The smallest absolute Gasteiger partial charge is 0.469 e. The number of hydrogen-bond acceptors (Lipinski definition) is 7. The minimum Gasteiger partial charge on any atom is -0.469 e. The van der Waals surface area contributed by atoms with Crippen molar-refractivity contribution in [3.63, 3.8) is 0 Å². The fourth-order valence-electron chi connectivity index (χ4n) is 2.95. The maximum atomic E-state index is 11.9. The molecule has 1 aliphatic heterocycles. The van der Waals surface area contributed by atoms with Crippen molar-refractivity contribution < 1.29 is 33.1 Å². The van der Waals surface area contributed by atoms with Crippen molar-refractivity contribution in [1.82, 2.24) is 0 Å². The van der Waals surface area contributed by atoms with Crippen molar-refractivity contribution in [3.05, 3.63) is 29.3 Å². The van der Waals surface area contributed by atoms with Crippen molar-refractivity contribution in [3.8, 4) is 0 Å². The maximum absolute atomic E-state index is 11.9. The Bertz CT molecular complexity index is 764. The quantitative estimate of drug-likeness (QED) is 0.496. The van der Waals surface area contributed by atoms with Gasteiger partial charge in [-0.15, -0.1) is 0 Å². The number of ether oxygens (including phenoxy) is 3. The van der Waals surface area contributed by atoms with Crippen LogP contribution in [-0.4, -0.2) is 49.6 Å². The van der Waals surface area contributed by atoms with Gasteiger partial charge in [0.2, 0.25) is 0 Å². The zero-order chi connectivity index (χ0) is 22.7. The molecule has 30 heavy (non-hydrogen) atoms. The number of methoxy groups -OCH3 is 1. The molecule has 0 radical (unpaired) electrons. The molecule has 1 fully saturated rings. The fraction of sp³-hybridized carbons (Fsp3) is 0.636. The van der Waals surface area contributed by atoms with Crippen LogP contribution in [0.5, 0.6) is 0 Å². The third kappa shape index (κ3) is 6.55.